The summed E-state index contributed by atoms with van der Waals surface area (Å²) in [6.07, 6.45) is -4.24. The predicted molar refractivity (Wildman–Crippen MR) is 75.0 cm³/mol. The highest BCUT2D eigenvalue weighted by Crippen LogP contribution is 2.37. The molecule has 2 aromatic rings. The van der Waals surface area contributed by atoms with Crippen molar-refractivity contribution in [1.82, 2.24) is 0 Å². The fourth-order valence-electron chi connectivity index (χ4n) is 1.73. The first kappa shape index (κ1) is 16.8. The molecule has 2 rings (SSSR count). The second-order valence-electron chi connectivity index (χ2n) is 4.34. The van der Waals surface area contributed by atoms with Crippen molar-refractivity contribution in [1.29, 1.82) is 0 Å². The summed E-state index contributed by atoms with van der Waals surface area (Å²) in [6, 6.07) is 5.88. The van der Waals surface area contributed by atoms with Crippen molar-refractivity contribution >= 4 is 23.6 Å². The van der Waals surface area contributed by atoms with Gasteiger partial charge in [-0.05, 0) is 30.3 Å². The summed E-state index contributed by atoms with van der Waals surface area (Å²) in [6.45, 7) is 0. The van der Waals surface area contributed by atoms with E-state index in [0.717, 1.165) is 18.2 Å². The molecule has 0 saturated carbocycles. The highest BCUT2D eigenvalue weighted by Gasteiger charge is 2.31. The number of carbonyl (C=O) groups excluding carboxylic acids is 1. The van der Waals surface area contributed by atoms with Crippen LogP contribution in [0.15, 0.2) is 36.4 Å². The number of nitrogens with zero attached hydrogens (tertiary/aromatic N) is 1. The number of nitro groups is 1. The Balaban J connectivity index is 2.34. The van der Waals surface area contributed by atoms with Crippen LogP contribution in [0.25, 0.3) is 0 Å². The summed E-state index contributed by atoms with van der Waals surface area (Å²) in [4.78, 5) is 20.8. The Morgan fingerprint density at radius 2 is 1.87 bits per heavy atom. The van der Waals surface area contributed by atoms with E-state index in [1.54, 1.807) is 0 Å². The highest BCUT2D eigenvalue weighted by molar-refractivity contribution is 6.32. The Kier molecular flexibility index (Phi) is 4.55. The van der Waals surface area contributed by atoms with Gasteiger partial charge in [-0.3, -0.25) is 14.9 Å². The van der Waals surface area contributed by atoms with Crippen LogP contribution in [0.2, 0.25) is 5.02 Å². The van der Waals surface area contributed by atoms with Crippen LogP contribution in [0.4, 0.5) is 18.9 Å². The first-order valence-corrected chi connectivity index (χ1v) is 6.38. The molecule has 5 nitrogen and oxygen atoms in total. The van der Waals surface area contributed by atoms with E-state index >= 15 is 0 Å². The lowest BCUT2D eigenvalue weighted by molar-refractivity contribution is -0.385. The van der Waals surface area contributed by atoms with Crippen molar-refractivity contribution in [3.63, 3.8) is 0 Å². The zero-order valence-corrected chi connectivity index (χ0v) is 11.9. The van der Waals surface area contributed by atoms with E-state index in [0.29, 0.717) is 12.4 Å². The molecule has 2 aromatic carbocycles. The summed E-state index contributed by atoms with van der Waals surface area (Å²) < 4.78 is 42.9. The molecule has 0 spiro atoms. The fraction of sp³-hybridized carbons (Fsp3) is 0.0714. The van der Waals surface area contributed by atoms with Crippen LogP contribution in [0.1, 0.15) is 15.9 Å². The average molecular weight is 346 g/mol. The summed E-state index contributed by atoms with van der Waals surface area (Å²) >= 11 is 5.73. The minimum absolute atomic E-state index is 0.0380. The van der Waals surface area contributed by atoms with E-state index in [2.05, 4.69) is 0 Å². The van der Waals surface area contributed by atoms with Crippen LogP contribution in [0.3, 0.4) is 0 Å². The van der Waals surface area contributed by atoms with E-state index in [1.165, 1.54) is 12.1 Å². The number of halogens is 4. The molecule has 0 unspecified atom stereocenters. The fourth-order valence-corrected chi connectivity index (χ4v) is 1.95. The Morgan fingerprint density at radius 3 is 2.39 bits per heavy atom. The quantitative estimate of drug-likeness (QED) is 0.450. The lowest BCUT2D eigenvalue weighted by Gasteiger charge is -2.11. The topological polar surface area (TPSA) is 69.4 Å². The van der Waals surface area contributed by atoms with Crippen molar-refractivity contribution in [2.45, 2.75) is 6.18 Å². The van der Waals surface area contributed by atoms with Gasteiger partial charge in [0.2, 0.25) is 0 Å². The summed E-state index contributed by atoms with van der Waals surface area (Å²) in [5, 5.41) is 10.5. The maximum atomic E-state index is 12.5. The summed E-state index contributed by atoms with van der Waals surface area (Å²) in [5.41, 5.74) is -1.58. The van der Waals surface area contributed by atoms with Gasteiger partial charge in [-0.25, -0.2) is 0 Å². The van der Waals surface area contributed by atoms with E-state index in [-0.39, 0.29) is 22.1 Å². The maximum absolute atomic E-state index is 12.5. The SMILES string of the molecule is O=Cc1ccc(Oc2ccc(C(F)(F)F)cc2Cl)cc1[N+](=O)[O-]. The molecule has 0 saturated heterocycles. The van der Waals surface area contributed by atoms with E-state index in [9.17, 15) is 28.1 Å². The van der Waals surface area contributed by atoms with Gasteiger partial charge in [-0.15, -0.1) is 0 Å². The molecule has 0 bridgehead atoms. The Bertz CT molecular complexity index is 777. The molecule has 0 N–H and O–H groups in total. The van der Waals surface area contributed by atoms with Gasteiger partial charge in [0.1, 0.15) is 11.5 Å². The average Bonchev–Trinajstić information content (AvgIpc) is 2.48. The Hall–Kier alpha value is -2.61. The molecule has 23 heavy (non-hydrogen) atoms. The minimum Gasteiger partial charge on any atom is -0.456 e. The molecule has 0 heterocycles. The number of benzene rings is 2. The van der Waals surface area contributed by atoms with Gasteiger partial charge in [0.15, 0.2) is 6.29 Å². The lowest BCUT2D eigenvalue weighted by atomic mass is 10.2. The monoisotopic (exact) mass is 345 g/mol. The summed E-state index contributed by atoms with van der Waals surface area (Å²) in [7, 11) is 0. The standard InChI is InChI=1S/C14H7ClF3NO4/c15-11-5-9(14(16,17)18)2-4-13(11)23-10-3-1-8(7-20)12(6-10)19(21)22/h1-7H. The van der Waals surface area contributed by atoms with Crippen LogP contribution in [0, 0.1) is 10.1 Å². The zero-order valence-electron chi connectivity index (χ0n) is 11.1. The molecule has 0 radical (unpaired) electrons. The molecule has 120 valence electrons. The van der Waals surface area contributed by atoms with Gasteiger partial charge in [-0.2, -0.15) is 13.2 Å². The van der Waals surface area contributed by atoms with Crippen LogP contribution in [-0.4, -0.2) is 11.2 Å². The molecule has 0 atom stereocenters. The number of carbonyl (C=O) groups is 1. The third-order valence-electron chi connectivity index (χ3n) is 2.81. The number of alkyl halides is 3. The van der Waals surface area contributed by atoms with Gasteiger partial charge < -0.3 is 4.74 Å². The predicted octanol–water partition coefficient (Wildman–Crippen LogP) is 4.87. The van der Waals surface area contributed by atoms with Crippen LogP contribution >= 0.6 is 11.6 Å². The number of hydrogen-bond donors (Lipinski definition) is 0. The van der Waals surface area contributed by atoms with Crippen molar-refractivity contribution in [3.8, 4) is 11.5 Å². The molecule has 0 aliphatic rings. The smallest absolute Gasteiger partial charge is 0.416 e. The Labute approximate surface area is 132 Å². The van der Waals surface area contributed by atoms with E-state index in [4.69, 9.17) is 16.3 Å². The highest BCUT2D eigenvalue weighted by atomic mass is 35.5. The number of rotatable bonds is 4. The Morgan fingerprint density at radius 1 is 1.17 bits per heavy atom. The van der Waals surface area contributed by atoms with Crippen LogP contribution in [-0.2, 0) is 6.18 Å². The van der Waals surface area contributed by atoms with Crippen molar-refractivity contribution in [3.05, 3.63) is 62.7 Å². The van der Waals surface area contributed by atoms with Gasteiger partial charge in [0.25, 0.3) is 5.69 Å². The van der Waals surface area contributed by atoms with Gasteiger partial charge in [0, 0.05) is 0 Å². The third-order valence-corrected chi connectivity index (χ3v) is 3.11. The third kappa shape index (κ3) is 3.78. The molecule has 0 fully saturated rings. The largest absolute Gasteiger partial charge is 0.456 e. The number of aldehydes is 1. The second-order valence-corrected chi connectivity index (χ2v) is 4.75. The lowest BCUT2D eigenvalue weighted by Crippen LogP contribution is -2.04. The molecular weight excluding hydrogens is 339 g/mol. The van der Waals surface area contributed by atoms with E-state index in [1.807, 2.05) is 0 Å². The molecule has 0 aliphatic carbocycles. The van der Waals surface area contributed by atoms with Crippen LogP contribution in [0.5, 0.6) is 11.5 Å². The van der Waals surface area contributed by atoms with Gasteiger partial charge >= 0.3 is 6.18 Å². The number of ether oxygens (including phenoxy) is 1. The number of nitro benzene ring substituents is 1. The molecule has 0 aliphatic heterocycles. The molecular formula is C14H7ClF3NO4. The first-order chi connectivity index (χ1) is 10.7. The number of hydrogen-bond acceptors (Lipinski definition) is 4. The molecule has 0 amide bonds. The minimum atomic E-state index is -4.55. The van der Waals surface area contributed by atoms with Gasteiger partial charge in [0.05, 0.1) is 27.1 Å². The first-order valence-electron chi connectivity index (χ1n) is 6.00. The second kappa shape index (κ2) is 6.25. The maximum Gasteiger partial charge on any atom is 0.416 e. The van der Waals surface area contributed by atoms with Crippen molar-refractivity contribution < 1.29 is 27.6 Å². The zero-order chi connectivity index (χ0) is 17.2. The van der Waals surface area contributed by atoms with Crippen LogP contribution < -0.4 is 4.74 Å². The summed E-state index contributed by atoms with van der Waals surface area (Å²) in [5.74, 6) is -0.142. The van der Waals surface area contributed by atoms with Gasteiger partial charge in [-0.1, -0.05) is 11.6 Å². The normalized spacial score (nSPS) is 11.1. The van der Waals surface area contributed by atoms with E-state index < -0.39 is 22.4 Å². The van der Waals surface area contributed by atoms with Crippen molar-refractivity contribution in [2.24, 2.45) is 0 Å². The molecule has 0 aromatic heterocycles. The van der Waals surface area contributed by atoms with Crippen molar-refractivity contribution in [2.75, 3.05) is 0 Å². The molecule has 9 heteroatoms.